The summed E-state index contributed by atoms with van der Waals surface area (Å²) in [6.07, 6.45) is 0.795. The van der Waals surface area contributed by atoms with Crippen molar-refractivity contribution >= 4 is 29.6 Å². The number of aliphatic hydroxyl groups is 3. The molecule has 3 N–H and O–H groups in total. The van der Waals surface area contributed by atoms with E-state index in [2.05, 4.69) is 4.74 Å². The van der Waals surface area contributed by atoms with Crippen molar-refractivity contribution in [3.8, 4) is 0 Å². The second-order valence-corrected chi connectivity index (χ2v) is 10.3. The summed E-state index contributed by atoms with van der Waals surface area (Å²) < 4.78 is 10.3. The molecule has 1 aromatic heterocycles. The summed E-state index contributed by atoms with van der Waals surface area (Å²) in [6, 6.07) is 13.1. The van der Waals surface area contributed by atoms with E-state index >= 15 is 0 Å². The fourth-order valence-electron chi connectivity index (χ4n) is 5.84. The predicted molar refractivity (Wildman–Crippen MR) is 142 cm³/mol. The molecule has 0 spiro atoms. The molecule has 0 unspecified atom stereocenters. The highest BCUT2D eigenvalue weighted by Crippen LogP contribution is 2.48. The molecule has 9 heteroatoms. The van der Waals surface area contributed by atoms with Gasteiger partial charge in [0.05, 0.1) is 31.7 Å². The molecule has 1 aliphatic heterocycles. The zero-order valence-corrected chi connectivity index (χ0v) is 22.4. The van der Waals surface area contributed by atoms with E-state index in [1.807, 2.05) is 50.3 Å². The number of ether oxygens (including phenoxy) is 1. The number of carbonyl (C=O) groups excluding carboxylic acids is 3. The summed E-state index contributed by atoms with van der Waals surface area (Å²) in [6.45, 7) is 3.23. The number of carbonyl (C=O) groups is 3. The minimum Gasteiger partial charge on any atom is -0.459 e. The lowest BCUT2D eigenvalue weighted by atomic mass is 9.66. The number of furan rings is 1. The Morgan fingerprint density at radius 3 is 2.44 bits per heavy atom. The van der Waals surface area contributed by atoms with Crippen molar-refractivity contribution in [1.82, 2.24) is 4.90 Å². The number of fused-ring (bicyclic) bond motifs is 1. The first-order valence-corrected chi connectivity index (χ1v) is 13.1. The maximum atomic E-state index is 13.2. The van der Waals surface area contributed by atoms with Gasteiger partial charge in [-0.05, 0) is 60.1 Å². The van der Waals surface area contributed by atoms with Crippen LogP contribution in [0, 0.1) is 23.7 Å². The summed E-state index contributed by atoms with van der Waals surface area (Å²) in [4.78, 5) is 39.0. The molecule has 2 aliphatic rings. The Kier molecular flexibility index (Phi) is 8.84. The van der Waals surface area contributed by atoms with Gasteiger partial charge in [0, 0.05) is 5.92 Å². The van der Waals surface area contributed by atoms with E-state index in [0.717, 1.165) is 23.8 Å². The topological polar surface area (TPSA) is 138 Å². The number of benzene rings is 1. The molecule has 0 saturated carbocycles. The van der Waals surface area contributed by atoms with Crippen molar-refractivity contribution in [1.29, 1.82) is 0 Å². The van der Waals surface area contributed by atoms with Gasteiger partial charge < -0.3 is 24.5 Å². The monoisotopic (exact) mass is 537 g/mol. The van der Waals surface area contributed by atoms with Crippen molar-refractivity contribution in [3.63, 3.8) is 0 Å². The molecule has 0 radical (unpaired) electrons. The van der Waals surface area contributed by atoms with Crippen molar-refractivity contribution in [2.75, 3.05) is 13.7 Å². The van der Waals surface area contributed by atoms with Gasteiger partial charge in [-0.25, -0.2) is 4.79 Å². The Bertz CT molecular complexity index is 1270. The maximum Gasteiger partial charge on any atom is 0.423 e. The van der Waals surface area contributed by atoms with Crippen molar-refractivity contribution < 1.29 is 38.9 Å². The predicted octanol–water partition coefficient (Wildman–Crippen LogP) is 3.79. The van der Waals surface area contributed by atoms with Gasteiger partial charge >= 0.3 is 6.09 Å². The molecule has 1 aliphatic carbocycles. The Balaban J connectivity index is 1.65. The van der Waals surface area contributed by atoms with Crippen LogP contribution in [0.2, 0.25) is 0 Å². The number of rotatable bonds is 9. The Morgan fingerprint density at radius 2 is 1.85 bits per heavy atom. The molecule has 3 amide bonds. The molecule has 2 aromatic rings. The number of hydrogen-bond acceptors (Lipinski definition) is 8. The van der Waals surface area contributed by atoms with Crippen LogP contribution in [0.3, 0.4) is 0 Å². The van der Waals surface area contributed by atoms with Crippen LogP contribution in [0.1, 0.15) is 50.2 Å². The molecule has 4 rings (SSSR count). The van der Waals surface area contributed by atoms with Crippen LogP contribution in [-0.4, -0.2) is 57.9 Å². The average molecular weight is 538 g/mol. The van der Waals surface area contributed by atoms with E-state index < -0.39 is 48.4 Å². The third-order valence-corrected chi connectivity index (χ3v) is 7.72. The normalized spacial score (nSPS) is 22.5. The highest BCUT2D eigenvalue weighted by molar-refractivity contribution is 6.16. The number of nitrogens with zero attached hydrogens (tertiary/aromatic N) is 1. The molecule has 1 fully saturated rings. The van der Waals surface area contributed by atoms with E-state index in [1.165, 1.54) is 0 Å². The van der Waals surface area contributed by atoms with Crippen LogP contribution in [0.5, 0.6) is 0 Å². The lowest BCUT2D eigenvalue weighted by Gasteiger charge is -2.38. The third kappa shape index (κ3) is 5.61. The average Bonchev–Trinajstić information content (AvgIpc) is 3.51. The molecule has 4 atom stereocenters. The number of allylic oxidation sites excluding steroid dienone is 2. The summed E-state index contributed by atoms with van der Waals surface area (Å²) >= 11 is 0. The van der Waals surface area contributed by atoms with Gasteiger partial charge in [-0.1, -0.05) is 49.8 Å². The van der Waals surface area contributed by atoms with Gasteiger partial charge in [-0.2, -0.15) is 4.90 Å². The van der Waals surface area contributed by atoms with Crippen molar-refractivity contribution in [2.24, 2.45) is 23.7 Å². The molecule has 0 bridgehead atoms. The summed E-state index contributed by atoms with van der Waals surface area (Å²) in [5, 5.41) is 31.3. The highest BCUT2D eigenvalue weighted by atomic mass is 16.5. The van der Waals surface area contributed by atoms with Crippen LogP contribution >= 0.6 is 0 Å². The zero-order chi connectivity index (χ0) is 28.3. The fourth-order valence-corrected chi connectivity index (χ4v) is 5.84. The number of imide groups is 3. The van der Waals surface area contributed by atoms with Gasteiger partial charge in [0.2, 0.25) is 11.8 Å². The van der Waals surface area contributed by atoms with Gasteiger partial charge in [-0.15, -0.1) is 0 Å². The van der Waals surface area contributed by atoms with Crippen molar-refractivity contribution in [3.05, 3.63) is 70.7 Å². The minimum atomic E-state index is -1.04. The molecular weight excluding hydrogens is 502 g/mol. The van der Waals surface area contributed by atoms with Crippen LogP contribution in [0.15, 0.2) is 58.0 Å². The lowest BCUT2D eigenvalue weighted by molar-refractivity contribution is -0.137. The Labute approximate surface area is 227 Å². The molecule has 208 valence electrons. The van der Waals surface area contributed by atoms with E-state index in [0.29, 0.717) is 28.4 Å². The number of hydrogen-bond donors (Lipinski definition) is 3. The first kappa shape index (κ1) is 28.5. The second-order valence-electron chi connectivity index (χ2n) is 10.3. The maximum absolute atomic E-state index is 13.2. The number of likely N-dealkylation sites (tertiary alicyclic amines) is 1. The summed E-state index contributed by atoms with van der Waals surface area (Å²) in [7, 11) is 1.10. The van der Waals surface area contributed by atoms with Crippen LogP contribution < -0.4 is 0 Å². The zero-order valence-electron chi connectivity index (χ0n) is 22.4. The number of methoxy groups -OCH3 is 1. The van der Waals surface area contributed by atoms with E-state index in [4.69, 9.17) is 4.42 Å². The molecule has 9 nitrogen and oxygen atoms in total. The van der Waals surface area contributed by atoms with Gasteiger partial charge in [0.1, 0.15) is 18.1 Å². The van der Waals surface area contributed by atoms with Gasteiger partial charge in [0.15, 0.2) is 0 Å². The number of amides is 3. The smallest absolute Gasteiger partial charge is 0.423 e. The van der Waals surface area contributed by atoms with Crippen LogP contribution in [-0.2, 0) is 20.9 Å². The highest BCUT2D eigenvalue weighted by Gasteiger charge is 2.57. The summed E-state index contributed by atoms with van der Waals surface area (Å²) in [5.41, 5.74) is 3.23. The first-order valence-electron chi connectivity index (χ1n) is 13.1. The van der Waals surface area contributed by atoms with Gasteiger partial charge in [-0.3, -0.25) is 9.59 Å². The molecular formula is C30H35NO8. The summed E-state index contributed by atoms with van der Waals surface area (Å²) in [5.74, 6) is -2.91. The first-order chi connectivity index (χ1) is 18.7. The Morgan fingerprint density at radius 1 is 1.13 bits per heavy atom. The molecule has 2 heterocycles. The lowest BCUT2D eigenvalue weighted by Crippen LogP contribution is -2.40. The van der Waals surface area contributed by atoms with Crippen LogP contribution in [0.4, 0.5) is 4.79 Å². The SMILES string of the molecule is COC(=O)N1C(=O)[C@@H]2[C@@H](CC(C(C)C)=C([C@H](O)CC/C(=C/c3ccc(CO)o3)c3ccccc3)[C@@H]2CO)C1=O. The fraction of sp³-hybridized carbons (Fsp3) is 0.433. The van der Waals surface area contributed by atoms with Gasteiger partial charge in [0.25, 0.3) is 0 Å². The largest absolute Gasteiger partial charge is 0.459 e. The van der Waals surface area contributed by atoms with E-state index in [1.54, 1.807) is 12.1 Å². The van der Waals surface area contributed by atoms with Crippen molar-refractivity contribution in [2.45, 2.75) is 45.8 Å². The Hall–Kier alpha value is -3.53. The van der Waals surface area contributed by atoms with Crippen LogP contribution in [0.25, 0.3) is 11.6 Å². The molecule has 1 saturated heterocycles. The van der Waals surface area contributed by atoms with E-state index in [9.17, 15) is 29.7 Å². The molecule has 1 aromatic carbocycles. The standard InChI is InChI=1S/C30H35NO8/c1-17(2)22-14-23-27(29(36)31(28(23)35)30(37)38-3)24(16-33)26(22)25(34)12-9-19(18-7-5-4-6-8-18)13-20-10-11-21(15-32)39-20/h4-8,10-11,13,17,23-25,27,32-34H,9,12,14-16H2,1-3H3/b19-13-/t23-,24+,25-,27-/m1/s1. The second kappa shape index (κ2) is 12.1. The van der Waals surface area contributed by atoms with E-state index in [-0.39, 0.29) is 25.4 Å². The quantitative estimate of drug-likeness (QED) is 0.325. The number of aliphatic hydroxyl groups excluding tert-OH is 3. The molecule has 39 heavy (non-hydrogen) atoms. The third-order valence-electron chi connectivity index (χ3n) is 7.72. The minimum absolute atomic E-state index is 0.0520.